The fourth-order valence-corrected chi connectivity index (χ4v) is 6.41. The van der Waals surface area contributed by atoms with Gasteiger partial charge in [-0.15, -0.1) is 0 Å². The monoisotopic (exact) mass is 545 g/mol. The average Bonchev–Trinajstić information content (AvgIpc) is 2.96. The fourth-order valence-electron chi connectivity index (χ4n) is 5.33. The van der Waals surface area contributed by atoms with Crippen LogP contribution < -0.4 is 14.2 Å². The molecule has 0 aliphatic carbocycles. The number of hydrogen-bond acceptors (Lipinski definition) is 6. The predicted molar refractivity (Wildman–Crippen MR) is 155 cm³/mol. The van der Waals surface area contributed by atoms with Gasteiger partial charge in [-0.2, -0.15) is 0 Å². The number of para-hydroxylation sites is 1. The smallest absolute Gasteiger partial charge is 0.262 e. The van der Waals surface area contributed by atoms with Gasteiger partial charge in [-0.1, -0.05) is 42.8 Å². The van der Waals surface area contributed by atoms with Crippen molar-refractivity contribution >= 4 is 26.6 Å². The summed E-state index contributed by atoms with van der Waals surface area (Å²) in [4.78, 5) is 7.30. The van der Waals surface area contributed by atoms with Crippen molar-refractivity contribution in [2.75, 3.05) is 31.5 Å². The van der Waals surface area contributed by atoms with Gasteiger partial charge in [-0.25, -0.2) is 8.42 Å². The van der Waals surface area contributed by atoms with Gasteiger partial charge in [0.1, 0.15) is 11.5 Å². The standard InChI is InChI=1S/C31H35N3O4S/c1-23-17-18-25-27(32-23)14-10-16-30(25)38-22-19-29(34-20-7-4-8-21-34)26-13-9-15-28(31(26)37-2)33-39(35,36)24-11-5-3-6-12-24/h3,5-6,9-18,29,33H,4,7-8,19-22H2,1-2H3. The molecule has 0 bridgehead atoms. The van der Waals surface area contributed by atoms with Gasteiger partial charge in [0, 0.05) is 29.1 Å². The Morgan fingerprint density at radius 2 is 1.69 bits per heavy atom. The summed E-state index contributed by atoms with van der Waals surface area (Å²) < 4.78 is 41.2. The Kier molecular flexibility index (Phi) is 8.33. The Bertz CT molecular complexity index is 1520. The molecule has 1 aliphatic heterocycles. The largest absolute Gasteiger partial charge is 0.494 e. The van der Waals surface area contributed by atoms with Gasteiger partial charge in [0.05, 0.1) is 29.8 Å². The van der Waals surface area contributed by atoms with E-state index in [2.05, 4.69) is 20.7 Å². The second-order valence-corrected chi connectivity index (χ2v) is 11.6. The van der Waals surface area contributed by atoms with Crippen LogP contribution in [0.5, 0.6) is 11.5 Å². The van der Waals surface area contributed by atoms with Gasteiger partial charge in [0.2, 0.25) is 0 Å². The van der Waals surface area contributed by atoms with Crippen molar-refractivity contribution in [1.29, 1.82) is 0 Å². The van der Waals surface area contributed by atoms with Crippen LogP contribution in [0.4, 0.5) is 5.69 Å². The van der Waals surface area contributed by atoms with Crippen LogP contribution in [-0.4, -0.2) is 45.1 Å². The number of anilines is 1. The molecule has 1 aromatic heterocycles. The number of benzene rings is 3. The molecule has 5 rings (SSSR count). The molecule has 0 amide bonds. The Labute approximate surface area is 230 Å². The summed E-state index contributed by atoms with van der Waals surface area (Å²) in [5, 5.41) is 0.993. The SMILES string of the molecule is COc1c(NS(=O)(=O)c2ccccc2)cccc1C(CCOc1cccc2nc(C)ccc12)N1CCCCC1. The van der Waals surface area contributed by atoms with E-state index in [0.717, 1.165) is 60.3 Å². The minimum absolute atomic E-state index is 0.0109. The van der Waals surface area contributed by atoms with Crippen LogP contribution >= 0.6 is 0 Å². The molecule has 4 aromatic rings. The summed E-state index contributed by atoms with van der Waals surface area (Å²) in [6.07, 6.45) is 4.21. The molecule has 39 heavy (non-hydrogen) atoms. The number of pyridine rings is 1. The minimum Gasteiger partial charge on any atom is -0.494 e. The van der Waals surface area contributed by atoms with E-state index >= 15 is 0 Å². The molecule has 0 saturated carbocycles. The van der Waals surface area contributed by atoms with E-state index in [1.54, 1.807) is 43.5 Å². The van der Waals surface area contributed by atoms with E-state index in [-0.39, 0.29) is 10.9 Å². The first-order valence-electron chi connectivity index (χ1n) is 13.4. The van der Waals surface area contributed by atoms with Crippen molar-refractivity contribution in [3.05, 3.63) is 90.1 Å². The molecule has 204 valence electrons. The number of aromatic nitrogens is 1. The zero-order chi connectivity index (χ0) is 27.2. The quantitative estimate of drug-likeness (QED) is 0.250. The molecular weight excluding hydrogens is 510 g/mol. The maximum atomic E-state index is 13.1. The summed E-state index contributed by atoms with van der Waals surface area (Å²) in [7, 11) is -2.17. The van der Waals surface area contributed by atoms with Crippen LogP contribution in [0.3, 0.4) is 0 Å². The lowest BCUT2D eigenvalue weighted by Gasteiger charge is -2.36. The number of methoxy groups -OCH3 is 1. The molecule has 3 aromatic carbocycles. The van der Waals surface area contributed by atoms with Gasteiger partial charge in [0.25, 0.3) is 10.0 Å². The number of aryl methyl sites for hydroxylation is 1. The van der Waals surface area contributed by atoms with Gasteiger partial charge in [-0.05, 0) is 75.3 Å². The molecule has 1 unspecified atom stereocenters. The van der Waals surface area contributed by atoms with Crippen LogP contribution in [0, 0.1) is 6.92 Å². The fraction of sp³-hybridized carbons (Fsp3) is 0.323. The van der Waals surface area contributed by atoms with E-state index in [1.165, 1.54) is 6.42 Å². The number of likely N-dealkylation sites (tertiary alicyclic amines) is 1. The first-order chi connectivity index (χ1) is 19.0. The molecule has 7 nitrogen and oxygen atoms in total. The number of sulfonamides is 1. The van der Waals surface area contributed by atoms with Gasteiger partial charge < -0.3 is 9.47 Å². The second kappa shape index (κ2) is 12.1. The Hall–Kier alpha value is -3.62. The highest BCUT2D eigenvalue weighted by molar-refractivity contribution is 7.92. The first kappa shape index (κ1) is 27.0. The third-order valence-electron chi connectivity index (χ3n) is 7.22. The van der Waals surface area contributed by atoms with Crippen LogP contribution in [0.1, 0.15) is 43.0 Å². The summed E-state index contributed by atoms with van der Waals surface area (Å²) in [5.74, 6) is 1.35. The topological polar surface area (TPSA) is 80.8 Å². The lowest BCUT2D eigenvalue weighted by Crippen LogP contribution is -2.35. The highest BCUT2D eigenvalue weighted by atomic mass is 32.2. The number of hydrogen-bond donors (Lipinski definition) is 1. The van der Waals surface area contributed by atoms with Crippen LogP contribution in [0.2, 0.25) is 0 Å². The predicted octanol–water partition coefficient (Wildman–Crippen LogP) is 6.35. The van der Waals surface area contributed by atoms with Crippen LogP contribution in [0.25, 0.3) is 10.9 Å². The molecule has 0 spiro atoms. The summed E-state index contributed by atoms with van der Waals surface area (Å²) in [5.41, 5.74) is 3.27. The Balaban J connectivity index is 1.42. The summed E-state index contributed by atoms with van der Waals surface area (Å²) >= 11 is 0. The molecular formula is C31H35N3O4S. The van der Waals surface area contributed by atoms with Crippen molar-refractivity contribution in [2.45, 2.75) is 43.5 Å². The van der Waals surface area contributed by atoms with E-state index in [4.69, 9.17) is 9.47 Å². The normalized spacial score (nSPS) is 15.1. The van der Waals surface area contributed by atoms with Crippen LogP contribution in [-0.2, 0) is 10.0 Å². The molecule has 1 N–H and O–H groups in total. The van der Waals surface area contributed by atoms with Gasteiger partial charge in [0.15, 0.2) is 0 Å². The molecule has 0 radical (unpaired) electrons. The second-order valence-electron chi connectivity index (χ2n) is 9.87. The zero-order valence-electron chi connectivity index (χ0n) is 22.5. The molecule has 1 saturated heterocycles. The number of nitrogens with zero attached hydrogens (tertiary/aromatic N) is 2. The number of rotatable bonds is 10. The van der Waals surface area contributed by atoms with Crippen LogP contribution in [0.15, 0.2) is 83.8 Å². The van der Waals surface area contributed by atoms with E-state index in [9.17, 15) is 8.42 Å². The van der Waals surface area contributed by atoms with E-state index in [0.29, 0.717) is 18.0 Å². The molecule has 1 fully saturated rings. The highest BCUT2D eigenvalue weighted by Gasteiger charge is 2.27. The van der Waals surface area contributed by atoms with Crippen molar-refractivity contribution in [3.8, 4) is 11.5 Å². The van der Waals surface area contributed by atoms with Crippen molar-refractivity contribution in [3.63, 3.8) is 0 Å². The third-order valence-corrected chi connectivity index (χ3v) is 8.60. The van der Waals surface area contributed by atoms with Gasteiger partial charge in [-0.3, -0.25) is 14.6 Å². The molecule has 2 heterocycles. The van der Waals surface area contributed by atoms with E-state index in [1.807, 2.05) is 43.3 Å². The number of fused-ring (bicyclic) bond motifs is 1. The maximum absolute atomic E-state index is 13.1. The summed E-state index contributed by atoms with van der Waals surface area (Å²) in [6, 6.07) is 24.1. The lowest BCUT2D eigenvalue weighted by atomic mass is 9.97. The van der Waals surface area contributed by atoms with Gasteiger partial charge >= 0.3 is 0 Å². The maximum Gasteiger partial charge on any atom is 0.262 e. The molecule has 8 heteroatoms. The van der Waals surface area contributed by atoms with Crippen molar-refractivity contribution < 1.29 is 17.9 Å². The minimum atomic E-state index is -3.76. The van der Waals surface area contributed by atoms with E-state index < -0.39 is 10.0 Å². The number of nitrogens with one attached hydrogen (secondary N) is 1. The lowest BCUT2D eigenvalue weighted by molar-refractivity contribution is 0.136. The average molecular weight is 546 g/mol. The Morgan fingerprint density at radius 3 is 2.46 bits per heavy atom. The Morgan fingerprint density at radius 1 is 0.923 bits per heavy atom. The highest BCUT2D eigenvalue weighted by Crippen LogP contribution is 2.39. The summed E-state index contributed by atoms with van der Waals surface area (Å²) in [6.45, 7) is 4.44. The zero-order valence-corrected chi connectivity index (χ0v) is 23.3. The number of piperidine rings is 1. The third kappa shape index (κ3) is 6.18. The van der Waals surface area contributed by atoms with Crippen molar-refractivity contribution in [2.24, 2.45) is 0 Å². The number of ether oxygens (including phenoxy) is 2. The van der Waals surface area contributed by atoms with Crippen molar-refractivity contribution in [1.82, 2.24) is 9.88 Å². The molecule has 1 atom stereocenters. The molecule has 1 aliphatic rings. The first-order valence-corrected chi connectivity index (χ1v) is 14.9.